The molecule has 0 aromatic carbocycles. The van der Waals surface area contributed by atoms with Gasteiger partial charge in [0.1, 0.15) is 0 Å². The van der Waals surface area contributed by atoms with Crippen molar-refractivity contribution in [1.29, 1.82) is 0 Å². The van der Waals surface area contributed by atoms with E-state index >= 15 is 0 Å². The molecule has 1 aromatic heterocycles. The minimum atomic E-state index is -0.994. The van der Waals surface area contributed by atoms with Gasteiger partial charge in [-0.1, -0.05) is 18.2 Å². The van der Waals surface area contributed by atoms with Crippen molar-refractivity contribution in [3.8, 4) is 11.8 Å². The number of hydrogen-bond acceptors (Lipinski definition) is 7. The lowest BCUT2D eigenvalue weighted by Gasteiger charge is -2.18. The van der Waals surface area contributed by atoms with Gasteiger partial charge in [0.25, 0.3) is 0 Å². The van der Waals surface area contributed by atoms with Crippen molar-refractivity contribution in [2.24, 2.45) is 5.92 Å². The third kappa shape index (κ3) is 7.35. The lowest BCUT2D eigenvalue weighted by Crippen LogP contribution is -2.57. The summed E-state index contributed by atoms with van der Waals surface area (Å²) in [6.07, 6.45) is 2.99. The van der Waals surface area contributed by atoms with E-state index in [9.17, 15) is 9.90 Å². The number of hydrogen-bond donors (Lipinski definition) is 1. The maximum Gasteiger partial charge on any atom is 0.220 e. The van der Waals surface area contributed by atoms with Crippen molar-refractivity contribution < 1.29 is 25.1 Å². The van der Waals surface area contributed by atoms with Gasteiger partial charge in [-0.2, -0.15) is 9.97 Å². The lowest BCUT2D eigenvalue weighted by molar-refractivity contribution is -0.407. The first-order chi connectivity index (χ1) is 11.3. The van der Waals surface area contributed by atoms with Crippen molar-refractivity contribution in [2.45, 2.75) is 56.0 Å². The second-order valence-corrected chi connectivity index (χ2v) is 7.26. The topological polar surface area (TPSA) is 112 Å². The van der Waals surface area contributed by atoms with Gasteiger partial charge in [0.2, 0.25) is 11.8 Å². The van der Waals surface area contributed by atoms with E-state index in [-0.39, 0.29) is 17.6 Å². The first-order valence-electron chi connectivity index (χ1n) is 8.02. The maximum absolute atomic E-state index is 10.8. The number of thioether (sulfide) groups is 1. The average molecular weight is 357 g/mol. The zero-order valence-electron chi connectivity index (χ0n) is 14.8. The van der Waals surface area contributed by atoms with E-state index in [0.29, 0.717) is 23.0 Å². The van der Waals surface area contributed by atoms with Gasteiger partial charge in [-0.05, 0) is 39.0 Å². The highest BCUT2D eigenvalue weighted by molar-refractivity contribution is 7.99. The Morgan fingerprint density at radius 3 is 2.33 bits per heavy atom. The van der Waals surface area contributed by atoms with Crippen LogP contribution in [0.15, 0.2) is 11.2 Å². The maximum atomic E-state index is 10.8. The van der Waals surface area contributed by atoms with E-state index in [4.69, 9.17) is 9.47 Å². The summed E-state index contributed by atoms with van der Waals surface area (Å²) in [7, 11) is 3.06. The fourth-order valence-corrected chi connectivity index (χ4v) is 3.65. The molecule has 2 rings (SSSR count). The van der Waals surface area contributed by atoms with Gasteiger partial charge >= 0.3 is 0 Å². The highest BCUT2D eigenvalue weighted by Crippen LogP contribution is 2.40. The number of carbonyl (C=O) groups excluding carboxylic acids is 1. The molecule has 7 nitrogen and oxygen atoms in total. The second kappa shape index (κ2) is 10.4. The molecule has 1 saturated carbocycles. The quantitative estimate of drug-likeness (QED) is 0.739. The van der Waals surface area contributed by atoms with Crippen molar-refractivity contribution in [1.82, 2.24) is 9.97 Å². The Bertz CT molecular complexity index is 503. The lowest BCUT2D eigenvalue weighted by atomic mass is 10.0. The van der Waals surface area contributed by atoms with Gasteiger partial charge in [-0.3, -0.25) is 0 Å². The predicted octanol–water partition coefficient (Wildman–Crippen LogP) is 0.531. The highest BCUT2D eigenvalue weighted by atomic mass is 32.2. The van der Waals surface area contributed by atoms with Gasteiger partial charge in [0, 0.05) is 11.2 Å². The number of carbonyl (C=O) groups is 1. The van der Waals surface area contributed by atoms with Gasteiger partial charge in [0.15, 0.2) is 5.16 Å². The zero-order chi connectivity index (χ0) is 18.1. The summed E-state index contributed by atoms with van der Waals surface area (Å²) < 4.78 is 10.2. The third-order valence-electron chi connectivity index (χ3n) is 3.35. The van der Waals surface area contributed by atoms with E-state index in [1.807, 2.05) is 0 Å². The standard InChI is InChI=1S/C13H18N2O4S.C3H9N/c1-18-10-7-11(19-2)15-13(14-10)20-9-5-3-4-8(9)6-12(16)17;1-3(2)4/h7-9H,3-6H2,1-2H3,(H,16,17);3H,4H2,1-2H3. The molecule has 1 fully saturated rings. The number of aromatic nitrogens is 2. The molecule has 0 saturated heterocycles. The van der Waals surface area contributed by atoms with Crippen LogP contribution in [0.3, 0.4) is 0 Å². The number of methoxy groups -OCH3 is 2. The molecule has 2 atom stereocenters. The van der Waals surface area contributed by atoms with Crippen LogP contribution in [0.4, 0.5) is 0 Å². The number of nitrogens with zero attached hydrogens (tertiary/aromatic N) is 2. The molecule has 0 aliphatic heterocycles. The Morgan fingerprint density at radius 2 is 1.88 bits per heavy atom. The molecule has 3 N–H and O–H groups in total. The molecule has 0 bridgehead atoms. The van der Waals surface area contributed by atoms with Crippen LogP contribution < -0.4 is 20.3 Å². The monoisotopic (exact) mass is 357 g/mol. The summed E-state index contributed by atoms with van der Waals surface area (Å²) in [6, 6.07) is 2.19. The van der Waals surface area contributed by atoms with Crippen LogP contribution in [0.1, 0.15) is 39.5 Å². The van der Waals surface area contributed by atoms with Crippen LogP contribution in [0.5, 0.6) is 11.8 Å². The molecule has 1 aromatic rings. The summed E-state index contributed by atoms with van der Waals surface area (Å²) >= 11 is 1.49. The summed E-state index contributed by atoms with van der Waals surface area (Å²) in [5.41, 5.74) is 3.64. The number of quaternary nitrogens is 1. The van der Waals surface area contributed by atoms with Gasteiger partial charge in [0.05, 0.1) is 26.3 Å². The van der Waals surface area contributed by atoms with Crippen LogP contribution >= 0.6 is 11.8 Å². The van der Waals surface area contributed by atoms with Crippen LogP contribution in [-0.2, 0) is 4.79 Å². The first-order valence-corrected chi connectivity index (χ1v) is 8.90. The minimum absolute atomic E-state index is 0.0960. The second-order valence-electron chi connectivity index (χ2n) is 6.05. The van der Waals surface area contributed by atoms with Crippen molar-refractivity contribution in [2.75, 3.05) is 14.2 Å². The fraction of sp³-hybridized carbons (Fsp3) is 0.688. The predicted molar refractivity (Wildman–Crippen MR) is 89.8 cm³/mol. The third-order valence-corrected chi connectivity index (χ3v) is 4.67. The van der Waals surface area contributed by atoms with E-state index in [2.05, 4.69) is 29.5 Å². The van der Waals surface area contributed by atoms with Crippen LogP contribution in [0.2, 0.25) is 0 Å². The SMILES string of the molecule is CC(C)[NH3+].COc1cc(OC)nc(SC2CCCC2CC(=O)[O-])n1. The molecule has 2 unspecified atom stereocenters. The first kappa shape index (κ1) is 20.5. The number of rotatable bonds is 6. The summed E-state index contributed by atoms with van der Waals surface area (Å²) in [5.74, 6) is 0.0000310. The van der Waals surface area contributed by atoms with Crippen LogP contribution in [0, 0.1) is 5.92 Å². The Morgan fingerprint density at radius 1 is 1.33 bits per heavy atom. The van der Waals surface area contributed by atoms with E-state index in [1.165, 1.54) is 26.0 Å². The van der Waals surface area contributed by atoms with E-state index in [0.717, 1.165) is 19.3 Å². The Hall–Kier alpha value is -1.54. The molecule has 0 radical (unpaired) electrons. The van der Waals surface area contributed by atoms with Gasteiger partial charge in [-0.15, -0.1) is 0 Å². The Labute approximate surface area is 147 Å². The molecule has 24 heavy (non-hydrogen) atoms. The van der Waals surface area contributed by atoms with E-state index < -0.39 is 5.97 Å². The summed E-state index contributed by atoms with van der Waals surface area (Å²) in [4.78, 5) is 19.3. The Balaban J connectivity index is 0.000000648. The normalized spacial score (nSPS) is 19.6. The molecular formula is C16H27N3O4S. The van der Waals surface area contributed by atoms with Crippen molar-refractivity contribution in [3.05, 3.63) is 6.07 Å². The zero-order valence-corrected chi connectivity index (χ0v) is 15.6. The van der Waals surface area contributed by atoms with Gasteiger partial charge < -0.3 is 25.1 Å². The molecule has 1 aliphatic rings. The fourth-order valence-electron chi connectivity index (χ4n) is 2.39. The molecule has 0 spiro atoms. The molecule has 136 valence electrons. The largest absolute Gasteiger partial charge is 0.550 e. The minimum Gasteiger partial charge on any atom is -0.550 e. The summed E-state index contributed by atoms with van der Waals surface area (Å²) in [5, 5.41) is 11.5. The van der Waals surface area contributed by atoms with Crippen LogP contribution in [0.25, 0.3) is 0 Å². The molecule has 1 heterocycles. The number of aliphatic carboxylic acids is 1. The number of ether oxygens (including phenoxy) is 2. The Kier molecular flexibility index (Phi) is 8.84. The summed E-state index contributed by atoms with van der Waals surface area (Å²) in [6.45, 7) is 4.11. The molecule has 1 aliphatic carbocycles. The number of carboxylic acid groups (broad SMARTS) is 1. The van der Waals surface area contributed by atoms with Gasteiger partial charge in [-0.25, -0.2) is 0 Å². The molecule has 0 amide bonds. The number of carboxylic acids is 1. The van der Waals surface area contributed by atoms with Crippen molar-refractivity contribution >= 4 is 17.7 Å². The molecular weight excluding hydrogens is 330 g/mol. The van der Waals surface area contributed by atoms with Crippen LogP contribution in [-0.4, -0.2) is 41.4 Å². The van der Waals surface area contributed by atoms with E-state index in [1.54, 1.807) is 6.07 Å². The van der Waals surface area contributed by atoms with Crippen molar-refractivity contribution in [3.63, 3.8) is 0 Å². The highest BCUT2D eigenvalue weighted by Gasteiger charge is 2.29. The smallest absolute Gasteiger partial charge is 0.220 e. The average Bonchev–Trinajstić information content (AvgIpc) is 2.92. The molecule has 8 heteroatoms.